The van der Waals surface area contributed by atoms with Gasteiger partial charge in [-0.05, 0) is 0 Å². The average Bonchev–Trinajstić information content (AvgIpc) is 2.57. The van der Waals surface area contributed by atoms with Gasteiger partial charge in [0.1, 0.15) is 0 Å². The van der Waals surface area contributed by atoms with Gasteiger partial charge in [0, 0.05) is 0 Å². The summed E-state index contributed by atoms with van der Waals surface area (Å²) in [6.07, 6.45) is 0. The molecule has 18 heavy (non-hydrogen) atoms. The number of imide groups is 2. The molecule has 4 amide bonds. The van der Waals surface area contributed by atoms with Gasteiger partial charge >= 0.3 is 0 Å². The van der Waals surface area contributed by atoms with Crippen molar-refractivity contribution in [1.82, 2.24) is 10.6 Å². The molecule has 1 saturated carbocycles. The number of carbonyl (C=O) groups excluding carboxylic acids is 4. The van der Waals surface area contributed by atoms with E-state index in [1.807, 2.05) is 10.6 Å². The third-order valence-electron chi connectivity index (χ3n) is 3.60. The van der Waals surface area contributed by atoms with Crippen molar-refractivity contribution in [2.45, 2.75) is 19.5 Å². The number of amides is 4. The number of halogens is 4. The Hall–Kier alpha value is -0.560. The van der Waals surface area contributed by atoms with Crippen molar-refractivity contribution in [3.63, 3.8) is 0 Å². The second kappa shape index (κ2) is 2.80. The van der Waals surface area contributed by atoms with E-state index in [4.69, 9.17) is 46.4 Å². The van der Waals surface area contributed by atoms with Crippen molar-refractivity contribution < 1.29 is 19.2 Å². The van der Waals surface area contributed by atoms with Gasteiger partial charge in [-0.1, -0.05) is 0 Å². The number of nitrogens with one attached hydrogen (secondary N) is 2. The van der Waals surface area contributed by atoms with E-state index in [2.05, 4.69) is 0 Å². The standard InChI is InChI=1S/C8H2Cl4N2O4/c9-5-1(15)13-2(16)6(5,10)8(12)4(18)14-3(17)7(5,8)11/h(H,13,15,16)(H,14,17,18). The Labute approximate surface area is 119 Å². The minimum absolute atomic E-state index is 1.06. The molecule has 0 radical (unpaired) electrons. The Morgan fingerprint density at radius 1 is 0.556 bits per heavy atom. The molecule has 0 bridgehead atoms. The van der Waals surface area contributed by atoms with Crippen LogP contribution in [0.15, 0.2) is 0 Å². The molecule has 3 rings (SSSR count). The first-order valence-corrected chi connectivity index (χ1v) is 6.08. The van der Waals surface area contributed by atoms with E-state index in [-0.39, 0.29) is 0 Å². The fourth-order valence-electron chi connectivity index (χ4n) is 2.69. The van der Waals surface area contributed by atoms with E-state index in [0.29, 0.717) is 0 Å². The van der Waals surface area contributed by atoms with Crippen LogP contribution in [0.4, 0.5) is 0 Å². The molecule has 2 N–H and O–H groups in total. The second-order valence-corrected chi connectivity index (χ2v) is 6.47. The SMILES string of the molecule is O=C1NC(=O)C2(Cl)C1(Cl)C1(Cl)C(=O)NC(=O)C21Cl. The van der Waals surface area contributed by atoms with Crippen molar-refractivity contribution in [2.75, 3.05) is 0 Å². The van der Waals surface area contributed by atoms with Gasteiger partial charge in [-0.3, -0.25) is 29.8 Å². The van der Waals surface area contributed by atoms with Crippen LogP contribution in [-0.4, -0.2) is 43.1 Å². The zero-order valence-electron chi connectivity index (χ0n) is 8.14. The molecule has 96 valence electrons. The number of hydrogen-bond donors (Lipinski definition) is 2. The fraction of sp³-hybridized carbons (Fsp3) is 0.500. The van der Waals surface area contributed by atoms with Gasteiger partial charge < -0.3 is 0 Å². The highest BCUT2D eigenvalue weighted by Crippen LogP contribution is 2.74. The molecule has 2 saturated heterocycles. The Bertz CT molecular complexity index is 467. The summed E-state index contributed by atoms with van der Waals surface area (Å²) in [6, 6.07) is 0. The highest BCUT2D eigenvalue weighted by atomic mass is 35.5. The van der Waals surface area contributed by atoms with Crippen molar-refractivity contribution in [3.8, 4) is 0 Å². The average molecular weight is 332 g/mol. The summed E-state index contributed by atoms with van der Waals surface area (Å²) in [5, 5.41) is 3.67. The first kappa shape index (κ1) is 12.5. The largest absolute Gasteiger partial charge is 0.293 e. The van der Waals surface area contributed by atoms with Crippen molar-refractivity contribution in [1.29, 1.82) is 0 Å². The molecule has 0 aromatic heterocycles. The molecule has 0 aromatic rings. The lowest BCUT2D eigenvalue weighted by atomic mass is 9.55. The molecule has 0 unspecified atom stereocenters. The Morgan fingerprint density at radius 3 is 0.889 bits per heavy atom. The van der Waals surface area contributed by atoms with Gasteiger partial charge in [0.05, 0.1) is 0 Å². The van der Waals surface area contributed by atoms with Gasteiger partial charge in [-0.2, -0.15) is 0 Å². The quantitative estimate of drug-likeness (QED) is 0.450. The molecule has 10 heteroatoms. The Morgan fingerprint density at radius 2 is 0.722 bits per heavy atom. The maximum absolute atomic E-state index is 11.7. The van der Waals surface area contributed by atoms with Gasteiger partial charge in [-0.25, -0.2) is 0 Å². The number of rotatable bonds is 0. The third-order valence-corrected chi connectivity index (χ3v) is 6.95. The highest BCUT2D eigenvalue weighted by molar-refractivity contribution is 6.73. The summed E-state index contributed by atoms with van der Waals surface area (Å²) < 4.78 is 0. The number of carbonyl (C=O) groups is 4. The smallest absolute Gasteiger partial charge is 0.252 e. The van der Waals surface area contributed by atoms with Crippen LogP contribution in [0.3, 0.4) is 0 Å². The monoisotopic (exact) mass is 330 g/mol. The molecule has 0 aromatic carbocycles. The molecular weight excluding hydrogens is 330 g/mol. The van der Waals surface area contributed by atoms with Crippen LogP contribution in [-0.2, 0) is 19.2 Å². The molecular formula is C8H2Cl4N2O4. The van der Waals surface area contributed by atoms with Crippen molar-refractivity contribution >= 4 is 70.0 Å². The maximum Gasteiger partial charge on any atom is 0.252 e. The van der Waals surface area contributed by atoms with Gasteiger partial charge in [0.2, 0.25) is 0 Å². The minimum Gasteiger partial charge on any atom is -0.293 e. The van der Waals surface area contributed by atoms with E-state index in [0.717, 1.165) is 0 Å². The molecule has 3 aliphatic rings. The van der Waals surface area contributed by atoms with E-state index < -0.39 is 43.1 Å². The first-order valence-electron chi connectivity index (χ1n) is 4.57. The van der Waals surface area contributed by atoms with Crippen molar-refractivity contribution in [2.24, 2.45) is 0 Å². The summed E-state index contributed by atoms with van der Waals surface area (Å²) in [5.41, 5.74) is 0. The van der Waals surface area contributed by atoms with Crippen LogP contribution < -0.4 is 10.6 Å². The first-order chi connectivity index (χ1) is 8.10. The van der Waals surface area contributed by atoms with E-state index in [1.54, 1.807) is 0 Å². The summed E-state index contributed by atoms with van der Waals surface area (Å²) in [5.74, 6) is -4.22. The predicted octanol–water partition coefficient (Wildman–Crippen LogP) is -0.777. The molecule has 2 heterocycles. The summed E-state index contributed by atoms with van der Waals surface area (Å²) in [7, 11) is 0. The second-order valence-electron chi connectivity index (χ2n) is 4.20. The lowest BCUT2D eigenvalue weighted by Gasteiger charge is -2.60. The zero-order valence-corrected chi connectivity index (χ0v) is 11.2. The van der Waals surface area contributed by atoms with E-state index >= 15 is 0 Å². The lowest BCUT2D eigenvalue weighted by molar-refractivity contribution is -0.135. The topological polar surface area (TPSA) is 92.3 Å². The van der Waals surface area contributed by atoms with Gasteiger partial charge in [0.15, 0.2) is 19.5 Å². The summed E-state index contributed by atoms with van der Waals surface area (Å²) in [6.45, 7) is 0. The van der Waals surface area contributed by atoms with Crippen LogP contribution in [0.2, 0.25) is 0 Å². The van der Waals surface area contributed by atoms with Crippen LogP contribution in [0.1, 0.15) is 0 Å². The lowest BCUT2D eigenvalue weighted by Crippen LogP contribution is -2.89. The predicted molar refractivity (Wildman–Crippen MR) is 60.6 cm³/mol. The number of alkyl halides is 4. The molecule has 6 nitrogen and oxygen atoms in total. The summed E-state index contributed by atoms with van der Waals surface area (Å²) >= 11 is 24.0. The number of hydrogen-bond acceptors (Lipinski definition) is 4. The van der Waals surface area contributed by atoms with Crippen LogP contribution in [0.25, 0.3) is 0 Å². The Kier molecular flexibility index (Phi) is 1.94. The molecule has 0 atom stereocenters. The summed E-state index contributed by atoms with van der Waals surface area (Å²) in [4.78, 5) is 37.7. The zero-order chi connectivity index (χ0) is 13.7. The fourth-order valence-corrected chi connectivity index (χ4v) is 4.89. The highest BCUT2D eigenvalue weighted by Gasteiger charge is 3.01. The molecule has 1 aliphatic carbocycles. The van der Waals surface area contributed by atoms with Crippen LogP contribution in [0, 0.1) is 0 Å². The van der Waals surface area contributed by atoms with Crippen LogP contribution in [0.5, 0.6) is 0 Å². The molecule has 2 aliphatic heterocycles. The molecule has 0 spiro atoms. The van der Waals surface area contributed by atoms with Gasteiger partial charge in [0.25, 0.3) is 23.6 Å². The maximum atomic E-state index is 11.7. The Balaban J connectivity index is 2.38. The number of fused-ring (bicyclic) bond motifs is 4. The third kappa shape index (κ3) is 0.708. The minimum atomic E-state index is -2.31. The van der Waals surface area contributed by atoms with Crippen LogP contribution >= 0.6 is 46.4 Å². The molecule has 3 fully saturated rings. The van der Waals surface area contributed by atoms with E-state index in [1.165, 1.54) is 0 Å². The normalized spacial score (nSPS) is 53.6. The van der Waals surface area contributed by atoms with Crippen molar-refractivity contribution in [3.05, 3.63) is 0 Å². The van der Waals surface area contributed by atoms with E-state index in [9.17, 15) is 19.2 Å². The van der Waals surface area contributed by atoms with Gasteiger partial charge in [-0.15, -0.1) is 46.4 Å².